The zero-order valence-corrected chi connectivity index (χ0v) is 19.6. The number of likely N-dealkylation sites (tertiary alicyclic amines) is 1. The molecule has 10 heteroatoms. The number of hydrogen-bond donors (Lipinski definition) is 0. The standard InChI is InChI=1S/C23H25ClN2O6S/c24-18-5-3-17(15-22(18)33(28,29)25-8-10-30-11-9-25)23(27)26-7-1-2-19(26)16-4-6-20-21(14-16)32-13-12-31-20/h3-6,14-15,19H,1-2,7-13H2/t19-/m0/s1. The van der Waals surface area contributed by atoms with Crippen LogP contribution in [-0.4, -0.2) is 69.6 Å². The van der Waals surface area contributed by atoms with Crippen LogP contribution >= 0.6 is 11.6 Å². The minimum Gasteiger partial charge on any atom is -0.486 e. The van der Waals surface area contributed by atoms with Crippen molar-refractivity contribution in [3.05, 3.63) is 52.5 Å². The van der Waals surface area contributed by atoms with Crippen LogP contribution in [0.25, 0.3) is 0 Å². The first-order valence-electron chi connectivity index (χ1n) is 11.0. The van der Waals surface area contributed by atoms with Gasteiger partial charge in [-0.15, -0.1) is 0 Å². The van der Waals surface area contributed by atoms with Crippen LogP contribution in [0.15, 0.2) is 41.3 Å². The molecule has 3 heterocycles. The van der Waals surface area contributed by atoms with Crippen molar-refractivity contribution < 1.29 is 27.4 Å². The second-order valence-corrected chi connectivity index (χ2v) is 10.5. The Morgan fingerprint density at radius 2 is 1.70 bits per heavy atom. The topological polar surface area (TPSA) is 85.4 Å². The van der Waals surface area contributed by atoms with Gasteiger partial charge in [-0.25, -0.2) is 8.42 Å². The average molecular weight is 493 g/mol. The molecule has 5 rings (SSSR count). The summed E-state index contributed by atoms with van der Waals surface area (Å²) in [7, 11) is -3.83. The van der Waals surface area contributed by atoms with E-state index in [1.54, 1.807) is 11.0 Å². The second kappa shape index (κ2) is 9.13. The first kappa shape index (κ1) is 22.5. The summed E-state index contributed by atoms with van der Waals surface area (Å²) in [5.74, 6) is 1.17. The summed E-state index contributed by atoms with van der Waals surface area (Å²) in [5.41, 5.74) is 1.27. The third kappa shape index (κ3) is 4.30. The van der Waals surface area contributed by atoms with E-state index in [-0.39, 0.29) is 35.0 Å². The molecule has 0 unspecified atom stereocenters. The molecule has 0 aromatic heterocycles. The molecule has 2 saturated heterocycles. The molecule has 8 nitrogen and oxygen atoms in total. The molecule has 3 aliphatic rings. The van der Waals surface area contributed by atoms with Crippen molar-refractivity contribution in [3.63, 3.8) is 0 Å². The molecule has 3 aliphatic heterocycles. The molecule has 33 heavy (non-hydrogen) atoms. The van der Waals surface area contributed by atoms with E-state index in [1.807, 2.05) is 18.2 Å². The van der Waals surface area contributed by atoms with Crippen LogP contribution < -0.4 is 9.47 Å². The van der Waals surface area contributed by atoms with Crippen molar-refractivity contribution in [3.8, 4) is 11.5 Å². The van der Waals surface area contributed by atoms with Gasteiger partial charge in [0.05, 0.1) is 24.3 Å². The number of halogens is 1. The van der Waals surface area contributed by atoms with E-state index in [1.165, 1.54) is 16.4 Å². The minimum absolute atomic E-state index is 0.0491. The van der Waals surface area contributed by atoms with E-state index >= 15 is 0 Å². The molecular formula is C23H25ClN2O6S. The number of hydrogen-bond acceptors (Lipinski definition) is 6. The molecule has 0 N–H and O–H groups in total. The van der Waals surface area contributed by atoms with Gasteiger partial charge in [-0.3, -0.25) is 4.79 Å². The Balaban J connectivity index is 1.42. The Kier molecular flexibility index (Phi) is 6.22. The number of rotatable bonds is 4. The lowest BCUT2D eigenvalue weighted by Crippen LogP contribution is -2.40. The molecule has 2 aromatic carbocycles. The zero-order chi connectivity index (χ0) is 23.0. The normalized spacial score (nSPS) is 21.2. The highest BCUT2D eigenvalue weighted by molar-refractivity contribution is 7.89. The lowest BCUT2D eigenvalue weighted by atomic mass is 10.0. The molecular weight excluding hydrogens is 468 g/mol. The number of carbonyl (C=O) groups excluding carboxylic acids is 1. The molecule has 2 fully saturated rings. The van der Waals surface area contributed by atoms with Crippen LogP contribution in [0.4, 0.5) is 0 Å². The molecule has 0 saturated carbocycles. The molecule has 1 amide bonds. The summed E-state index contributed by atoms with van der Waals surface area (Å²) in [6.45, 7) is 2.79. The van der Waals surface area contributed by atoms with Crippen LogP contribution in [0.5, 0.6) is 11.5 Å². The smallest absolute Gasteiger partial charge is 0.254 e. The van der Waals surface area contributed by atoms with Gasteiger partial charge in [0.15, 0.2) is 11.5 Å². The largest absolute Gasteiger partial charge is 0.486 e. The van der Waals surface area contributed by atoms with Crippen LogP contribution in [0.1, 0.15) is 34.8 Å². The first-order chi connectivity index (χ1) is 15.9. The van der Waals surface area contributed by atoms with Gasteiger partial charge in [0.2, 0.25) is 10.0 Å². The highest BCUT2D eigenvalue weighted by Crippen LogP contribution is 2.39. The van der Waals surface area contributed by atoms with Gasteiger partial charge >= 0.3 is 0 Å². The van der Waals surface area contributed by atoms with Gasteiger partial charge in [0.25, 0.3) is 5.91 Å². The summed E-state index contributed by atoms with van der Waals surface area (Å²) in [5, 5.41) is 0.0999. The Morgan fingerprint density at radius 1 is 0.939 bits per heavy atom. The first-order valence-corrected chi connectivity index (χ1v) is 12.8. The van der Waals surface area contributed by atoms with E-state index in [9.17, 15) is 13.2 Å². The third-order valence-corrected chi connectivity index (χ3v) is 8.61. The molecule has 176 valence electrons. The number of benzene rings is 2. The minimum atomic E-state index is -3.83. The summed E-state index contributed by atoms with van der Waals surface area (Å²) in [6.07, 6.45) is 1.68. The van der Waals surface area contributed by atoms with Crippen LogP contribution in [0.3, 0.4) is 0 Å². The highest BCUT2D eigenvalue weighted by atomic mass is 35.5. The Bertz CT molecular complexity index is 1170. The third-order valence-electron chi connectivity index (χ3n) is 6.23. The number of carbonyl (C=O) groups is 1. The fourth-order valence-corrected chi connectivity index (χ4v) is 6.46. The zero-order valence-electron chi connectivity index (χ0n) is 18.0. The molecule has 0 bridgehead atoms. The number of fused-ring (bicyclic) bond motifs is 1. The van der Waals surface area contributed by atoms with Crippen LogP contribution in [0, 0.1) is 0 Å². The second-order valence-electron chi connectivity index (χ2n) is 8.22. The lowest BCUT2D eigenvalue weighted by molar-refractivity contribution is 0.0727. The van der Waals surface area contributed by atoms with E-state index in [0.29, 0.717) is 50.0 Å². The van der Waals surface area contributed by atoms with Gasteiger partial charge in [-0.2, -0.15) is 4.31 Å². The quantitative estimate of drug-likeness (QED) is 0.652. The van der Waals surface area contributed by atoms with E-state index in [0.717, 1.165) is 18.4 Å². The van der Waals surface area contributed by atoms with Crippen molar-refractivity contribution >= 4 is 27.5 Å². The summed E-state index contributed by atoms with van der Waals surface area (Å²) in [4.78, 5) is 15.2. The molecule has 0 radical (unpaired) electrons. The molecule has 0 aliphatic carbocycles. The Hall–Kier alpha value is -2.33. The Labute approximate surface area is 198 Å². The van der Waals surface area contributed by atoms with Gasteiger partial charge in [-0.1, -0.05) is 17.7 Å². The monoisotopic (exact) mass is 492 g/mol. The lowest BCUT2D eigenvalue weighted by Gasteiger charge is -2.28. The number of ether oxygens (including phenoxy) is 3. The fraction of sp³-hybridized carbons (Fsp3) is 0.435. The molecule has 0 spiro atoms. The molecule has 1 atom stereocenters. The van der Waals surface area contributed by atoms with Gasteiger partial charge < -0.3 is 19.1 Å². The van der Waals surface area contributed by atoms with Gasteiger partial charge in [0.1, 0.15) is 18.1 Å². The Morgan fingerprint density at radius 3 is 2.48 bits per heavy atom. The summed E-state index contributed by atoms with van der Waals surface area (Å²) < 4.78 is 44.2. The van der Waals surface area contributed by atoms with E-state index < -0.39 is 10.0 Å². The maximum Gasteiger partial charge on any atom is 0.254 e. The SMILES string of the molecule is O=C(c1ccc(Cl)c(S(=O)(=O)N2CCOCC2)c1)N1CCC[C@H]1c1ccc2c(c1)OCCO2. The van der Waals surface area contributed by atoms with Crippen molar-refractivity contribution in [2.45, 2.75) is 23.8 Å². The average Bonchev–Trinajstić information content (AvgIpc) is 3.34. The van der Waals surface area contributed by atoms with Crippen molar-refractivity contribution in [2.75, 3.05) is 46.1 Å². The van der Waals surface area contributed by atoms with Crippen molar-refractivity contribution in [2.24, 2.45) is 0 Å². The number of sulfonamides is 1. The number of nitrogens with zero attached hydrogens (tertiary/aromatic N) is 2. The maximum absolute atomic E-state index is 13.5. The highest BCUT2D eigenvalue weighted by Gasteiger charge is 2.33. The van der Waals surface area contributed by atoms with Gasteiger partial charge in [0, 0.05) is 25.2 Å². The van der Waals surface area contributed by atoms with Crippen LogP contribution in [0.2, 0.25) is 5.02 Å². The number of morpholine rings is 1. The predicted molar refractivity (Wildman–Crippen MR) is 121 cm³/mol. The van der Waals surface area contributed by atoms with E-state index in [2.05, 4.69) is 0 Å². The van der Waals surface area contributed by atoms with Crippen molar-refractivity contribution in [1.29, 1.82) is 0 Å². The molecule has 2 aromatic rings. The summed E-state index contributed by atoms with van der Waals surface area (Å²) in [6, 6.07) is 10.1. The van der Waals surface area contributed by atoms with Crippen molar-refractivity contribution in [1.82, 2.24) is 9.21 Å². The predicted octanol–water partition coefficient (Wildman–Crippen LogP) is 3.11. The van der Waals surface area contributed by atoms with E-state index in [4.69, 9.17) is 25.8 Å². The van der Waals surface area contributed by atoms with Crippen LogP contribution in [-0.2, 0) is 14.8 Å². The fourth-order valence-electron chi connectivity index (χ4n) is 4.55. The number of amides is 1. The maximum atomic E-state index is 13.5. The van der Waals surface area contributed by atoms with Gasteiger partial charge in [-0.05, 0) is 48.7 Å². The summed E-state index contributed by atoms with van der Waals surface area (Å²) >= 11 is 6.27.